The second-order valence-electron chi connectivity index (χ2n) is 4.77. The largest absolute Gasteiger partial charge is 0.351 e. The molecule has 1 atom stereocenters. The molecule has 0 aliphatic heterocycles. The van der Waals surface area contributed by atoms with Crippen molar-refractivity contribution in [2.75, 3.05) is 5.32 Å². The van der Waals surface area contributed by atoms with Gasteiger partial charge in [-0.05, 0) is 36.8 Å². The van der Waals surface area contributed by atoms with Crippen molar-refractivity contribution in [3.8, 4) is 0 Å². The molecule has 8 heteroatoms. The molecule has 0 saturated heterocycles. The van der Waals surface area contributed by atoms with Crippen LogP contribution in [0.1, 0.15) is 29.0 Å². The van der Waals surface area contributed by atoms with Gasteiger partial charge < -0.3 is 16.4 Å². The van der Waals surface area contributed by atoms with Crippen LogP contribution < -0.4 is 16.4 Å². The standard InChI is InChI=1S/C15H14Cl2N4O2/c1-8(9-2-4-10(5-3-9)20-15(18)23)19-14(22)13-11(16)6-7-12(17)21-13/h2-8H,1H3,(H,19,22)(H3,18,20,23). The van der Waals surface area contributed by atoms with Crippen LogP contribution in [0.5, 0.6) is 0 Å². The van der Waals surface area contributed by atoms with E-state index in [0.29, 0.717) is 5.69 Å². The van der Waals surface area contributed by atoms with Crippen LogP contribution in [0.15, 0.2) is 36.4 Å². The van der Waals surface area contributed by atoms with Crippen LogP contribution in [-0.2, 0) is 0 Å². The highest BCUT2D eigenvalue weighted by molar-refractivity contribution is 6.34. The van der Waals surface area contributed by atoms with Gasteiger partial charge in [0.2, 0.25) is 0 Å². The van der Waals surface area contributed by atoms with E-state index in [1.807, 2.05) is 6.92 Å². The Morgan fingerprint density at radius 1 is 1.13 bits per heavy atom. The number of hydrogen-bond donors (Lipinski definition) is 3. The molecule has 1 unspecified atom stereocenters. The van der Waals surface area contributed by atoms with Gasteiger partial charge in [0, 0.05) is 5.69 Å². The number of urea groups is 1. The lowest BCUT2D eigenvalue weighted by Gasteiger charge is -2.15. The molecule has 6 nitrogen and oxygen atoms in total. The predicted octanol–water partition coefficient (Wildman–Crippen LogP) is 3.37. The fourth-order valence-corrected chi connectivity index (χ4v) is 2.26. The third-order valence-electron chi connectivity index (χ3n) is 3.05. The van der Waals surface area contributed by atoms with Gasteiger partial charge in [-0.25, -0.2) is 9.78 Å². The third-order valence-corrected chi connectivity index (χ3v) is 3.57. The normalized spacial score (nSPS) is 11.6. The second-order valence-corrected chi connectivity index (χ2v) is 5.57. The van der Waals surface area contributed by atoms with Crippen molar-refractivity contribution in [2.24, 2.45) is 5.73 Å². The molecule has 0 bridgehead atoms. The van der Waals surface area contributed by atoms with Gasteiger partial charge in [-0.2, -0.15) is 0 Å². The number of amides is 3. The summed E-state index contributed by atoms with van der Waals surface area (Å²) in [5.74, 6) is -0.427. The van der Waals surface area contributed by atoms with E-state index in [1.165, 1.54) is 12.1 Å². The summed E-state index contributed by atoms with van der Waals surface area (Å²) in [4.78, 5) is 26.9. The predicted molar refractivity (Wildman–Crippen MR) is 89.8 cm³/mol. The maximum Gasteiger partial charge on any atom is 0.316 e. The van der Waals surface area contributed by atoms with Gasteiger partial charge in [-0.3, -0.25) is 4.79 Å². The summed E-state index contributed by atoms with van der Waals surface area (Å²) < 4.78 is 0. The number of carbonyl (C=O) groups is 2. The number of pyridine rings is 1. The SMILES string of the molecule is CC(NC(=O)c1nc(Cl)ccc1Cl)c1ccc(NC(N)=O)cc1. The summed E-state index contributed by atoms with van der Waals surface area (Å²) in [7, 11) is 0. The molecule has 0 saturated carbocycles. The van der Waals surface area contributed by atoms with E-state index in [4.69, 9.17) is 28.9 Å². The number of nitrogens with zero attached hydrogens (tertiary/aromatic N) is 1. The first-order chi connectivity index (χ1) is 10.9. The molecular weight excluding hydrogens is 339 g/mol. The Morgan fingerprint density at radius 3 is 2.39 bits per heavy atom. The molecule has 23 heavy (non-hydrogen) atoms. The highest BCUT2D eigenvalue weighted by Gasteiger charge is 2.16. The Kier molecular flexibility index (Phi) is 5.41. The lowest BCUT2D eigenvalue weighted by atomic mass is 10.1. The molecule has 0 spiro atoms. The number of anilines is 1. The zero-order chi connectivity index (χ0) is 17.0. The van der Waals surface area contributed by atoms with E-state index < -0.39 is 11.9 Å². The number of nitrogens with one attached hydrogen (secondary N) is 2. The van der Waals surface area contributed by atoms with Gasteiger partial charge >= 0.3 is 6.03 Å². The van der Waals surface area contributed by atoms with Crippen LogP contribution in [0.3, 0.4) is 0 Å². The van der Waals surface area contributed by atoms with Crippen molar-refractivity contribution in [2.45, 2.75) is 13.0 Å². The number of halogens is 2. The van der Waals surface area contributed by atoms with Crippen molar-refractivity contribution in [3.05, 3.63) is 57.8 Å². The van der Waals surface area contributed by atoms with Crippen LogP contribution >= 0.6 is 23.2 Å². The van der Waals surface area contributed by atoms with E-state index in [2.05, 4.69) is 15.6 Å². The van der Waals surface area contributed by atoms with Crippen molar-refractivity contribution in [3.63, 3.8) is 0 Å². The van der Waals surface area contributed by atoms with Crippen LogP contribution in [0, 0.1) is 0 Å². The molecule has 0 aliphatic carbocycles. The first-order valence-electron chi connectivity index (χ1n) is 6.66. The summed E-state index contributed by atoms with van der Waals surface area (Å²) >= 11 is 11.7. The maximum atomic E-state index is 12.2. The van der Waals surface area contributed by atoms with E-state index in [9.17, 15) is 9.59 Å². The number of primary amides is 1. The zero-order valence-corrected chi connectivity index (χ0v) is 13.7. The third kappa shape index (κ3) is 4.58. The Balaban J connectivity index is 2.09. The lowest BCUT2D eigenvalue weighted by Crippen LogP contribution is -2.27. The average Bonchev–Trinajstić information content (AvgIpc) is 2.49. The Morgan fingerprint density at radius 2 is 1.78 bits per heavy atom. The Hall–Kier alpha value is -2.31. The van der Waals surface area contributed by atoms with Gasteiger partial charge in [-0.1, -0.05) is 35.3 Å². The number of nitrogens with two attached hydrogens (primary N) is 1. The van der Waals surface area contributed by atoms with Gasteiger partial charge in [0.15, 0.2) is 0 Å². The minimum atomic E-state index is -0.638. The monoisotopic (exact) mass is 352 g/mol. The number of rotatable bonds is 4. The summed E-state index contributed by atoms with van der Waals surface area (Å²) in [5, 5.41) is 5.66. The maximum absolute atomic E-state index is 12.2. The number of hydrogen-bond acceptors (Lipinski definition) is 3. The first-order valence-corrected chi connectivity index (χ1v) is 7.41. The molecule has 0 radical (unpaired) electrons. The van der Waals surface area contributed by atoms with Crippen molar-refractivity contribution in [1.82, 2.24) is 10.3 Å². The van der Waals surface area contributed by atoms with E-state index >= 15 is 0 Å². The Labute approximate surface area is 143 Å². The summed E-state index contributed by atoms with van der Waals surface area (Å²) in [5.41, 5.74) is 6.52. The van der Waals surface area contributed by atoms with Crippen molar-refractivity contribution in [1.29, 1.82) is 0 Å². The fraction of sp³-hybridized carbons (Fsp3) is 0.133. The van der Waals surface area contributed by atoms with Crippen LogP contribution in [0.2, 0.25) is 10.2 Å². The molecule has 1 aromatic carbocycles. The number of benzene rings is 1. The van der Waals surface area contributed by atoms with Gasteiger partial charge in [0.25, 0.3) is 5.91 Å². The summed E-state index contributed by atoms with van der Waals surface area (Å²) in [6.45, 7) is 1.81. The summed E-state index contributed by atoms with van der Waals surface area (Å²) in [6.07, 6.45) is 0. The minimum Gasteiger partial charge on any atom is -0.351 e. The van der Waals surface area contributed by atoms with Gasteiger partial charge in [0.1, 0.15) is 10.8 Å². The molecular formula is C15H14Cl2N4O2. The lowest BCUT2D eigenvalue weighted by molar-refractivity contribution is 0.0935. The highest BCUT2D eigenvalue weighted by Crippen LogP contribution is 2.20. The highest BCUT2D eigenvalue weighted by atomic mass is 35.5. The van der Waals surface area contributed by atoms with E-state index in [0.717, 1.165) is 5.56 Å². The smallest absolute Gasteiger partial charge is 0.316 e. The van der Waals surface area contributed by atoms with Crippen LogP contribution in [0.4, 0.5) is 10.5 Å². The molecule has 2 aromatic rings. The first kappa shape index (κ1) is 17.1. The molecule has 4 N–H and O–H groups in total. The van der Waals surface area contributed by atoms with Crippen LogP contribution in [-0.4, -0.2) is 16.9 Å². The molecule has 1 heterocycles. The minimum absolute atomic E-state index is 0.0676. The topological polar surface area (TPSA) is 97.1 Å². The molecule has 3 amide bonds. The van der Waals surface area contributed by atoms with E-state index in [-0.39, 0.29) is 21.9 Å². The van der Waals surface area contributed by atoms with Crippen molar-refractivity contribution < 1.29 is 9.59 Å². The average molecular weight is 353 g/mol. The zero-order valence-electron chi connectivity index (χ0n) is 12.1. The van der Waals surface area contributed by atoms with Crippen molar-refractivity contribution >= 4 is 40.8 Å². The fourth-order valence-electron chi connectivity index (χ4n) is 1.92. The van der Waals surface area contributed by atoms with Gasteiger partial charge in [0.05, 0.1) is 11.1 Å². The molecule has 0 fully saturated rings. The van der Waals surface area contributed by atoms with Gasteiger partial charge in [-0.15, -0.1) is 0 Å². The van der Waals surface area contributed by atoms with Crippen LogP contribution in [0.25, 0.3) is 0 Å². The quantitative estimate of drug-likeness (QED) is 0.735. The second kappa shape index (κ2) is 7.30. The number of aromatic nitrogens is 1. The molecule has 120 valence electrons. The number of carbonyl (C=O) groups excluding carboxylic acids is 2. The Bertz CT molecular complexity index is 735. The summed E-state index contributed by atoms with van der Waals surface area (Å²) in [6, 6.07) is 9.01. The molecule has 0 aliphatic rings. The molecule has 2 rings (SSSR count). The molecule has 1 aromatic heterocycles. The van der Waals surface area contributed by atoms with E-state index in [1.54, 1.807) is 24.3 Å².